The van der Waals surface area contributed by atoms with E-state index in [1.54, 1.807) is 24.3 Å². The highest BCUT2D eigenvalue weighted by atomic mass is 35.5. The van der Waals surface area contributed by atoms with Crippen LogP contribution in [0, 0.1) is 0 Å². The fraction of sp³-hybridized carbons (Fsp3) is 0.357. The van der Waals surface area contributed by atoms with Crippen molar-refractivity contribution in [3.8, 4) is 11.4 Å². The number of aromatic nitrogens is 2. The molecule has 0 radical (unpaired) electrons. The first-order valence-corrected chi connectivity index (χ1v) is 9.92. The second-order valence-corrected chi connectivity index (χ2v) is 8.64. The van der Waals surface area contributed by atoms with E-state index in [-0.39, 0.29) is 5.75 Å². The van der Waals surface area contributed by atoms with Gasteiger partial charge in [0.25, 0.3) is 0 Å². The molecule has 1 unspecified atom stereocenters. The van der Waals surface area contributed by atoms with Crippen LogP contribution in [0.5, 0.6) is 5.75 Å². The predicted molar refractivity (Wildman–Crippen MR) is 91.2 cm³/mol. The van der Waals surface area contributed by atoms with E-state index in [0.29, 0.717) is 22.9 Å². The molecule has 0 bridgehead atoms. The lowest BCUT2D eigenvalue weighted by Crippen LogP contribution is -1.96. The molecule has 2 aromatic rings. The molecule has 1 atom stereocenters. The summed E-state index contributed by atoms with van der Waals surface area (Å²) in [6.07, 6.45) is 3.32. The van der Waals surface area contributed by atoms with Crippen LogP contribution >= 0.6 is 29.8 Å². The third-order valence-electron chi connectivity index (χ3n) is 2.48. The summed E-state index contributed by atoms with van der Waals surface area (Å²) in [7, 11) is 0. The van der Waals surface area contributed by atoms with Crippen LogP contribution in [0.2, 0.25) is 5.02 Å². The van der Waals surface area contributed by atoms with E-state index in [1.807, 2.05) is 6.92 Å². The van der Waals surface area contributed by atoms with Gasteiger partial charge in [-0.2, -0.15) is 5.10 Å². The summed E-state index contributed by atoms with van der Waals surface area (Å²) in [4.78, 5) is 0. The average molecular weight is 366 g/mol. The molecule has 2 rings (SSSR count). The Morgan fingerprint density at radius 1 is 1.50 bits per heavy atom. The Labute approximate surface area is 146 Å². The summed E-state index contributed by atoms with van der Waals surface area (Å²) in [6, 6.07) is 6.78. The number of rotatable bonds is 8. The number of halogens is 1. The predicted octanol–water partition coefficient (Wildman–Crippen LogP) is 5.19. The first kappa shape index (κ1) is 11.6. The smallest absolute Gasteiger partial charge is 0.414 e. The van der Waals surface area contributed by atoms with E-state index in [0.717, 1.165) is 11.4 Å². The minimum atomic E-state index is -4.15. The Bertz CT molecular complexity index is 816. The zero-order valence-electron chi connectivity index (χ0n) is 16.7. The summed E-state index contributed by atoms with van der Waals surface area (Å²) in [5.41, 5.74) is 0.670. The van der Waals surface area contributed by atoms with Crippen LogP contribution in [0.4, 0.5) is 0 Å². The van der Waals surface area contributed by atoms with Crippen molar-refractivity contribution < 1.29 is 20.5 Å². The van der Waals surface area contributed by atoms with Gasteiger partial charge in [0.15, 0.2) is 5.75 Å². The average Bonchev–Trinajstić information content (AvgIpc) is 3.00. The Morgan fingerprint density at radius 3 is 2.95 bits per heavy atom. The Hall–Kier alpha value is -0.940. The van der Waals surface area contributed by atoms with Gasteiger partial charge >= 0.3 is 6.80 Å². The van der Waals surface area contributed by atoms with Crippen molar-refractivity contribution in [1.29, 1.82) is 0 Å². The van der Waals surface area contributed by atoms with Crippen molar-refractivity contribution in [3.05, 3.63) is 41.7 Å². The maximum absolute atomic E-state index is 13.0. The van der Waals surface area contributed by atoms with Crippen LogP contribution < -0.4 is 4.52 Å². The highest BCUT2D eigenvalue weighted by Gasteiger charge is 2.27. The maximum Gasteiger partial charge on any atom is 0.440 e. The minimum absolute atomic E-state index is 0.0539. The standard InChI is InChI=1S/C14H18ClN2O3PS/c1-3-9-22-21(18,19-4-2)20-14-10-16-17(11-14)13-7-5-12(15)6-8-13/h5-8,10-11H,3-4,9H2,1-2H3/i2D3,4D2. The molecule has 0 aliphatic rings. The summed E-state index contributed by atoms with van der Waals surface area (Å²) >= 11 is 6.58. The van der Waals surface area contributed by atoms with Crippen LogP contribution in [0.25, 0.3) is 5.69 Å². The lowest BCUT2D eigenvalue weighted by Gasteiger charge is -2.15. The Kier molecular flexibility index (Phi) is 4.24. The van der Waals surface area contributed by atoms with Gasteiger partial charge in [0.2, 0.25) is 0 Å². The van der Waals surface area contributed by atoms with Gasteiger partial charge in [0, 0.05) is 14.9 Å². The van der Waals surface area contributed by atoms with Crippen LogP contribution in [0.1, 0.15) is 27.1 Å². The van der Waals surface area contributed by atoms with Crippen molar-refractivity contribution in [2.45, 2.75) is 20.2 Å². The summed E-state index contributed by atoms with van der Waals surface area (Å²) < 4.78 is 61.4. The molecule has 0 saturated heterocycles. The van der Waals surface area contributed by atoms with Crippen molar-refractivity contribution in [3.63, 3.8) is 0 Å². The second-order valence-electron chi connectivity index (χ2n) is 4.16. The normalized spacial score (nSPS) is 18.4. The quantitative estimate of drug-likeness (QED) is 0.602. The summed E-state index contributed by atoms with van der Waals surface area (Å²) in [5, 5.41) is 4.64. The fourth-order valence-corrected chi connectivity index (χ4v) is 4.59. The highest BCUT2D eigenvalue weighted by Crippen LogP contribution is 2.60. The van der Waals surface area contributed by atoms with Gasteiger partial charge in [-0.05, 0) is 48.9 Å². The number of benzene rings is 1. The van der Waals surface area contributed by atoms with Crippen molar-refractivity contribution in [2.75, 3.05) is 12.3 Å². The Balaban J connectivity index is 2.23. The van der Waals surface area contributed by atoms with E-state index >= 15 is 0 Å². The molecule has 120 valence electrons. The SMILES string of the molecule is [2H]C([2H])([2H])C([2H])([2H])OP(=O)(Oc1cnn(-c2ccc(Cl)cc2)c1)SCCC. The number of hydrogen-bond acceptors (Lipinski definition) is 5. The maximum atomic E-state index is 13.0. The van der Waals surface area contributed by atoms with Gasteiger partial charge in [0.05, 0.1) is 27.4 Å². The molecule has 8 heteroatoms. The monoisotopic (exact) mass is 365 g/mol. The first-order valence-electron chi connectivity index (χ1n) is 8.91. The molecule has 0 amide bonds. The van der Waals surface area contributed by atoms with Crippen LogP contribution in [0.3, 0.4) is 0 Å². The summed E-state index contributed by atoms with van der Waals surface area (Å²) in [5.74, 6) is 0.387. The minimum Gasteiger partial charge on any atom is -0.414 e. The molecule has 0 aliphatic heterocycles. The molecule has 0 spiro atoms. The van der Waals surface area contributed by atoms with Gasteiger partial charge in [-0.1, -0.05) is 18.5 Å². The van der Waals surface area contributed by atoms with E-state index in [9.17, 15) is 4.57 Å². The van der Waals surface area contributed by atoms with Crippen molar-refractivity contribution in [2.24, 2.45) is 0 Å². The molecule has 22 heavy (non-hydrogen) atoms. The van der Waals surface area contributed by atoms with Gasteiger partial charge in [0.1, 0.15) is 0 Å². The van der Waals surface area contributed by atoms with E-state index in [4.69, 9.17) is 27.5 Å². The lowest BCUT2D eigenvalue weighted by atomic mass is 10.3. The zero-order valence-corrected chi connectivity index (χ0v) is 14.2. The first-order chi connectivity index (χ1) is 12.5. The molecule has 5 nitrogen and oxygen atoms in total. The lowest BCUT2D eigenvalue weighted by molar-refractivity contribution is 0.296. The number of hydrogen-bond donors (Lipinski definition) is 0. The third-order valence-corrected chi connectivity index (χ3v) is 6.33. The van der Waals surface area contributed by atoms with E-state index in [1.165, 1.54) is 17.1 Å². The van der Waals surface area contributed by atoms with Crippen LogP contribution in [-0.2, 0) is 9.09 Å². The molecule has 1 aromatic carbocycles. The van der Waals surface area contributed by atoms with Crippen molar-refractivity contribution in [1.82, 2.24) is 9.78 Å². The molecular formula is C14H18ClN2O3PS. The topological polar surface area (TPSA) is 53.4 Å². The molecule has 0 aliphatic carbocycles. The fourth-order valence-electron chi connectivity index (χ4n) is 1.55. The molecular weight excluding hydrogens is 343 g/mol. The molecule has 1 heterocycles. The molecule has 0 fully saturated rings. The molecule has 1 aromatic heterocycles. The highest BCUT2D eigenvalue weighted by molar-refractivity contribution is 8.55. The number of nitrogens with zero attached hydrogens (tertiary/aromatic N) is 2. The van der Waals surface area contributed by atoms with Gasteiger partial charge in [-0.25, -0.2) is 9.25 Å². The van der Waals surface area contributed by atoms with Crippen LogP contribution in [-0.4, -0.2) is 22.1 Å². The summed E-state index contributed by atoms with van der Waals surface area (Å²) in [6.45, 7) is -8.58. The molecule has 0 saturated carbocycles. The van der Waals surface area contributed by atoms with E-state index in [2.05, 4.69) is 5.10 Å². The van der Waals surface area contributed by atoms with Gasteiger partial charge in [-0.3, -0.25) is 4.52 Å². The Morgan fingerprint density at radius 2 is 2.27 bits per heavy atom. The third kappa shape index (κ3) is 4.78. The van der Waals surface area contributed by atoms with Crippen molar-refractivity contribution >= 4 is 29.8 Å². The zero-order chi connectivity index (χ0) is 20.3. The van der Waals surface area contributed by atoms with Crippen LogP contribution in [0.15, 0.2) is 36.7 Å². The van der Waals surface area contributed by atoms with Gasteiger partial charge in [-0.15, -0.1) is 0 Å². The largest absolute Gasteiger partial charge is 0.440 e. The van der Waals surface area contributed by atoms with E-state index < -0.39 is 20.2 Å². The second kappa shape index (κ2) is 8.06. The molecule has 0 N–H and O–H groups in total. The van der Waals surface area contributed by atoms with Gasteiger partial charge < -0.3 is 4.52 Å².